The van der Waals surface area contributed by atoms with Crippen molar-refractivity contribution in [2.75, 3.05) is 33.0 Å². The molecule has 1 saturated heterocycles. The Labute approximate surface area is 99.5 Å². The van der Waals surface area contributed by atoms with Crippen LogP contribution < -0.4 is 10.6 Å². The van der Waals surface area contributed by atoms with Gasteiger partial charge >= 0.3 is 12.0 Å². The monoisotopic (exact) mass is 246 g/mol. The maximum atomic E-state index is 11.4. The highest BCUT2D eigenvalue weighted by Crippen LogP contribution is 2.05. The number of hydrogen-bond donors (Lipinski definition) is 3. The first kappa shape index (κ1) is 13.7. The Morgan fingerprint density at radius 3 is 2.71 bits per heavy atom. The molecular formula is C10H18N2O5. The lowest BCUT2D eigenvalue weighted by Crippen LogP contribution is -2.45. The molecule has 2 amide bonds. The molecule has 1 rings (SSSR count). The van der Waals surface area contributed by atoms with Crippen molar-refractivity contribution in [1.82, 2.24) is 10.6 Å². The smallest absolute Gasteiger partial charge is 0.329 e. The summed E-state index contributed by atoms with van der Waals surface area (Å²) in [7, 11) is 0. The van der Waals surface area contributed by atoms with Gasteiger partial charge in [-0.05, 0) is 12.8 Å². The first-order valence-corrected chi connectivity index (χ1v) is 5.60. The van der Waals surface area contributed by atoms with Gasteiger partial charge in [0.05, 0.1) is 6.61 Å². The third-order valence-electron chi connectivity index (χ3n) is 2.31. The Balaban J connectivity index is 1.98. The highest BCUT2D eigenvalue weighted by atomic mass is 16.5. The molecule has 0 aromatic heterocycles. The van der Waals surface area contributed by atoms with Crippen molar-refractivity contribution >= 4 is 12.0 Å². The van der Waals surface area contributed by atoms with Gasteiger partial charge < -0.3 is 25.2 Å². The van der Waals surface area contributed by atoms with Crippen LogP contribution in [0.1, 0.15) is 12.8 Å². The zero-order chi connectivity index (χ0) is 12.5. The summed E-state index contributed by atoms with van der Waals surface area (Å²) >= 11 is 0. The van der Waals surface area contributed by atoms with Crippen LogP contribution in [0.4, 0.5) is 4.79 Å². The fourth-order valence-electron chi connectivity index (χ4n) is 1.47. The van der Waals surface area contributed by atoms with Crippen molar-refractivity contribution in [1.29, 1.82) is 0 Å². The highest BCUT2D eigenvalue weighted by molar-refractivity contribution is 5.74. The fraction of sp³-hybridized carbons (Fsp3) is 0.800. The zero-order valence-corrected chi connectivity index (χ0v) is 9.61. The molecule has 0 aromatic rings. The molecule has 1 heterocycles. The van der Waals surface area contributed by atoms with Gasteiger partial charge in [-0.25, -0.2) is 9.59 Å². The second-order valence-electron chi connectivity index (χ2n) is 3.73. The van der Waals surface area contributed by atoms with Crippen LogP contribution in [0.3, 0.4) is 0 Å². The van der Waals surface area contributed by atoms with E-state index in [2.05, 4.69) is 10.6 Å². The van der Waals surface area contributed by atoms with E-state index in [0.29, 0.717) is 19.8 Å². The van der Waals surface area contributed by atoms with Crippen LogP contribution >= 0.6 is 0 Å². The molecule has 0 radical (unpaired) electrons. The second-order valence-corrected chi connectivity index (χ2v) is 3.73. The van der Waals surface area contributed by atoms with E-state index in [0.717, 1.165) is 12.8 Å². The van der Waals surface area contributed by atoms with Gasteiger partial charge in [0, 0.05) is 25.8 Å². The minimum absolute atomic E-state index is 0.156. The number of nitrogens with one attached hydrogen (secondary N) is 2. The number of rotatable bonds is 6. The van der Waals surface area contributed by atoms with Gasteiger partial charge in [0.2, 0.25) is 0 Å². The summed E-state index contributed by atoms with van der Waals surface area (Å²) in [6.07, 6.45) is 1.64. The van der Waals surface area contributed by atoms with Gasteiger partial charge in [-0.1, -0.05) is 0 Å². The number of carbonyl (C=O) groups is 2. The average Bonchev–Trinajstić information content (AvgIpc) is 2.29. The van der Waals surface area contributed by atoms with Crippen molar-refractivity contribution in [2.45, 2.75) is 18.9 Å². The van der Waals surface area contributed by atoms with Crippen LogP contribution in [0.15, 0.2) is 0 Å². The van der Waals surface area contributed by atoms with Crippen LogP contribution in [0.2, 0.25) is 0 Å². The largest absolute Gasteiger partial charge is 0.480 e. The van der Waals surface area contributed by atoms with Crippen LogP contribution in [-0.4, -0.2) is 56.1 Å². The lowest BCUT2D eigenvalue weighted by molar-refractivity contribution is -0.142. The number of aliphatic carboxylic acids is 1. The molecule has 0 bridgehead atoms. The van der Waals surface area contributed by atoms with Crippen LogP contribution in [0, 0.1) is 0 Å². The van der Waals surface area contributed by atoms with E-state index in [-0.39, 0.29) is 25.3 Å². The highest BCUT2D eigenvalue weighted by Gasteiger charge is 2.15. The van der Waals surface area contributed by atoms with Gasteiger partial charge in [-0.15, -0.1) is 0 Å². The molecule has 0 aromatic carbocycles. The van der Waals surface area contributed by atoms with Gasteiger partial charge in [0.1, 0.15) is 6.61 Å². The van der Waals surface area contributed by atoms with Crippen LogP contribution in [0.25, 0.3) is 0 Å². The summed E-state index contributed by atoms with van der Waals surface area (Å²) in [6, 6.07) is -0.0977. The zero-order valence-electron chi connectivity index (χ0n) is 9.61. The molecule has 1 fully saturated rings. The number of carbonyl (C=O) groups excluding carboxylic acids is 1. The Morgan fingerprint density at radius 2 is 2.06 bits per heavy atom. The lowest BCUT2D eigenvalue weighted by atomic mass is 10.1. The maximum absolute atomic E-state index is 11.4. The number of urea groups is 1. The molecule has 1 aliphatic rings. The summed E-state index contributed by atoms with van der Waals surface area (Å²) in [4.78, 5) is 21.5. The van der Waals surface area contributed by atoms with Crippen LogP contribution in [-0.2, 0) is 14.3 Å². The summed E-state index contributed by atoms with van der Waals surface area (Å²) in [6.45, 7) is 1.48. The number of carboxylic acid groups (broad SMARTS) is 1. The van der Waals surface area contributed by atoms with Gasteiger partial charge in [0.25, 0.3) is 0 Å². The Hall–Kier alpha value is -1.34. The molecule has 17 heavy (non-hydrogen) atoms. The maximum Gasteiger partial charge on any atom is 0.329 e. The molecule has 0 unspecified atom stereocenters. The van der Waals surface area contributed by atoms with Crippen molar-refractivity contribution in [2.24, 2.45) is 0 Å². The van der Waals surface area contributed by atoms with Crippen molar-refractivity contribution in [3.8, 4) is 0 Å². The molecule has 0 spiro atoms. The van der Waals surface area contributed by atoms with Crippen molar-refractivity contribution < 1.29 is 24.2 Å². The molecule has 98 valence electrons. The van der Waals surface area contributed by atoms with E-state index in [1.165, 1.54) is 0 Å². The fourth-order valence-corrected chi connectivity index (χ4v) is 1.47. The van der Waals surface area contributed by atoms with E-state index in [4.69, 9.17) is 14.6 Å². The van der Waals surface area contributed by atoms with Crippen molar-refractivity contribution in [3.05, 3.63) is 0 Å². The number of ether oxygens (including phenoxy) is 2. The van der Waals surface area contributed by atoms with E-state index in [1.54, 1.807) is 0 Å². The molecule has 7 nitrogen and oxygen atoms in total. The molecule has 0 aliphatic carbocycles. The lowest BCUT2D eigenvalue weighted by Gasteiger charge is -2.23. The normalized spacial score (nSPS) is 16.5. The topological polar surface area (TPSA) is 96.9 Å². The van der Waals surface area contributed by atoms with Crippen LogP contribution in [0.5, 0.6) is 0 Å². The Morgan fingerprint density at radius 1 is 1.35 bits per heavy atom. The van der Waals surface area contributed by atoms with E-state index in [9.17, 15) is 9.59 Å². The van der Waals surface area contributed by atoms with E-state index in [1.807, 2.05) is 0 Å². The molecule has 0 atom stereocenters. The molecule has 1 aliphatic heterocycles. The summed E-state index contributed by atoms with van der Waals surface area (Å²) in [5.74, 6) is -1.02. The summed E-state index contributed by atoms with van der Waals surface area (Å²) in [5.41, 5.74) is 0. The SMILES string of the molecule is O=C(O)COCCNC(=O)NC1CCOCC1. The first-order chi connectivity index (χ1) is 8.18. The number of amides is 2. The second kappa shape index (κ2) is 7.86. The summed E-state index contributed by atoms with van der Waals surface area (Å²) in [5, 5.41) is 13.7. The molecule has 3 N–H and O–H groups in total. The molecule has 0 saturated carbocycles. The predicted molar refractivity (Wildman–Crippen MR) is 58.8 cm³/mol. The van der Waals surface area contributed by atoms with Gasteiger partial charge in [0.15, 0.2) is 0 Å². The third kappa shape index (κ3) is 6.75. The van der Waals surface area contributed by atoms with Gasteiger partial charge in [-0.3, -0.25) is 0 Å². The minimum atomic E-state index is -1.02. The Kier molecular flexibility index (Phi) is 6.34. The average molecular weight is 246 g/mol. The molecular weight excluding hydrogens is 228 g/mol. The number of hydrogen-bond acceptors (Lipinski definition) is 4. The summed E-state index contributed by atoms with van der Waals surface area (Å²) < 4.78 is 9.94. The van der Waals surface area contributed by atoms with E-state index < -0.39 is 5.97 Å². The number of carboxylic acids is 1. The van der Waals surface area contributed by atoms with Crippen molar-refractivity contribution in [3.63, 3.8) is 0 Å². The third-order valence-corrected chi connectivity index (χ3v) is 2.31. The molecule has 7 heteroatoms. The minimum Gasteiger partial charge on any atom is -0.480 e. The predicted octanol–water partition coefficient (Wildman–Crippen LogP) is -0.434. The van der Waals surface area contributed by atoms with Gasteiger partial charge in [-0.2, -0.15) is 0 Å². The first-order valence-electron chi connectivity index (χ1n) is 5.60. The standard InChI is InChI=1S/C10H18N2O5/c13-9(14)7-17-6-3-11-10(15)12-8-1-4-16-5-2-8/h8H,1-7H2,(H,13,14)(H2,11,12,15). The Bertz CT molecular complexity index is 253. The quantitative estimate of drug-likeness (QED) is 0.552. The van der Waals surface area contributed by atoms with E-state index >= 15 is 0 Å².